The average molecular weight is 400 g/mol. The summed E-state index contributed by atoms with van der Waals surface area (Å²) in [4.78, 5) is 42.4. The maximum Gasteiger partial charge on any atom is 0.357 e. The molecule has 0 spiro atoms. The quantitative estimate of drug-likeness (QED) is 0.596. The molecule has 0 saturated carbocycles. The highest BCUT2D eigenvalue weighted by molar-refractivity contribution is 7.14. The fourth-order valence-electron chi connectivity index (χ4n) is 2.63. The van der Waals surface area contributed by atoms with Crippen LogP contribution in [0.2, 0.25) is 0 Å². The van der Waals surface area contributed by atoms with E-state index in [1.165, 1.54) is 24.0 Å². The Bertz CT molecular complexity index is 983. The van der Waals surface area contributed by atoms with Gasteiger partial charge in [0.05, 0.1) is 12.5 Å². The van der Waals surface area contributed by atoms with Gasteiger partial charge in [0.2, 0.25) is 5.91 Å². The number of esters is 1. The summed E-state index contributed by atoms with van der Waals surface area (Å²) < 4.78 is 6.43. The summed E-state index contributed by atoms with van der Waals surface area (Å²) in [5, 5.41) is 8.73. The minimum absolute atomic E-state index is 0.147. The number of hydrogen-bond donors (Lipinski definition) is 1. The zero-order valence-corrected chi connectivity index (χ0v) is 15.7. The van der Waals surface area contributed by atoms with Crippen LogP contribution >= 0.6 is 11.3 Å². The Morgan fingerprint density at radius 1 is 1.29 bits per heavy atom. The molecule has 1 saturated heterocycles. The van der Waals surface area contributed by atoms with Crippen molar-refractivity contribution in [2.24, 2.45) is 5.92 Å². The van der Waals surface area contributed by atoms with E-state index in [-0.39, 0.29) is 24.1 Å². The normalized spacial score (nSPS) is 13.8. The van der Waals surface area contributed by atoms with Crippen LogP contribution in [-0.2, 0) is 9.53 Å². The van der Waals surface area contributed by atoms with Crippen molar-refractivity contribution >= 4 is 34.2 Å². The van der Waals surface area contributed by atoms with E-state index in [1.807, 2.05) is 4.90 Å². The van der Waals surface area contributed by atoms with Crippen molar-refractivity contribution in [2.75, 3.05) is 29.9 Å². The molecule has 0 unspecified atom stereocenters. The number of thiazole rings is 1. The second kappa shape index (κ2) is 7.68. The lowest BCUT2D eigenvalue weighted by Crippen LogP contribution is -2.52. The zero-order chi connectivity index (χ0) is 19.5. The number of nitrogens with zero attached hydrogens (tertiary/aromatic N) is 7. The van der Waals surface area contributed by atoms with Crippen LogP contribution in [0.5, 0.6) is 0 Å². The number of ether oxygens (including phenoxy) is 1. The Balaban J connectivity index is 1.33. The fraction of sp³-hybridized carbons (Fsp3) is 0.312. The van der Waals surface area contributed by atoms with Crippen molar-refractivity contribution in [1.82, 2.24) is 29.7 Å². The SMILES string of the molecule is CCOC(=O)c1csc(NC(=O)C2CN(c3cc(-n4cncn4)ncn3)C2)n1. The molecule has 0 aliphatic carbocycles. The Morgan fingerprint density at radius 2 is 2.11 bits per heavy atom. The molecule has 3 aromatic heterocycles. The summed E-state index contributed by atoms with van der Waals surface area (Å²) in [6.07, 6.45) is 4.43. The summed E-state index contributed by atoms with van der Waals surface area (Å²) in [6, 6.07) is 1.79. The molecule has 1 amide bonds. The van der Waals surface area contributed by atoms with Gasteiger partial charge in [-0.25, -0.2) is 29.4 Å². The third-order valence-electron chi connectivity index (χ3n) is 4.09. The molecule has 11 nitrogen and oxygen atoms in total. The second-order valence-corrected chi connectivity index (χ2v) is 6.78. The van der Waals surface area contributed by atoms with E-state index in [4.69, 9.17) is 4.74 Å². The number of nitrogens with one attached hydrogen (secondary N) is 1. The maximum absolute atomic E-state index is 12.4. The molecule has 0 radical (unpaired) electrons. The van der Waals surface area contributed by atoms with Crippen LogP contribution in [-0.4, -0.2) is 61.3 Å². The van der Waals surface area contributed by atoms with E-state index in [0.717, 1.165) is 0 Å². The predicted octanol–water partition coefficient (Wildman–Crippen LogP) is 0.765. The monoisotopic (exact) mass is 400 g/mol. The number of hydrogen-bond acceptors (Lipinski definition) is 10. The van der Waals surface area contributed by atoms with Crippen molar-refractivity contribution in [3.8, 4) is 5.82 Å². The second-order valence-electron chi connectivity index (χ2n) is 5.92. The van der Waals surface area contributed by atoms with E-state index >= 15 is 0 Å². The lowest BCUT2D eigenvalue weighted by molar-refractivity contribution is -0.120. The van der Waals surface area contributed by atoms with Gasteiger partial charge in [-0.2, -0.15) is 5.10 Å². The predicted molar refractivity (Wildman–Crippen MR) is 99.4 cm³/mol. The van der Waals surface area contributed by atoms with Crippen LogP contribution in [0.4, 0.5) is 10.9 Å². The van der Waals surface area contributed by atoms with Gasteiger partial charge in [0.1, 0.15) is 24.8 Å². The first kappa shape index (κ1) is 18.0. The largest absolute Gasteiger partial charge is 0.461 e. The lowest BCUT2D eigenvalue weighted by atomic mass is 9.99. The number of amides is 1. The zero-order valence-electron chi connectivity index (χ0n) is 14.8. The highest BCUT2D eigenvalue weighted by Crippen LogP contribution is 2.25. The Kier molecular flexibility index (Phi) is 4.93. The van der Waals surface area contributed by atoms with Crippen molar-refractivity contribution < 1.29 is 14.3 Å². The Labute approximate surface area is 163 Å². The molecule has 3 aromatic rings. The first-order valence-corrected chi connectivity index (χ1v) is 9.37. The summed E-state index contributed by atoms with van der Waals surface area (Å²) in [7, 11) is 0. The molecule has 4 heterocycles. The van der Waals surface area contributed by atoms with Crippen molar-refractivity contribution in [2.45, 2.75) is 6.92 Å². The van der Waals surface area contributed by atoms with Crippen molar-refractivity contribution in [3.63, 3.8) is 0 Å². The van der Waals surface area contributed by atoms with Gasteiger partial charge < -0.3 is 15.0 Å². The first-order chi connectivity index (χ1) is 13.6. The van der Waals surface area contributed by atoms with Gasteiger partial charge in [-0.15, -0.1) is 11.3 Å². The molecule has 1 fully saturated rings. The van der Waals surface area contributed by atoms with Gasteiger partial charge in [-0.05, 0) is 6.92 Å². The molecular weight excluding hydrogens is 384 g/mol. The average Bonchev–Trinajstić information content (AvgIpc) is 3.33. The molecular formula is C16H16N8O3S. The summed E-state index contributed by atoms with van der Waals surface area (Å²) in [5.41, 5.74) is 0.194. The number of carbonyl (C=O) groups excluding carboxylic acids is 2. The van der Waals surface area contributed by atoms with Crippen LogP contribution in [0, 0.1) is 5.92 Å². The minimum atomic E-state index is -0.499. The van der Waals surface area contributed by atoms with Crippen molar-refractivity contribution in [3.05, 3.63) is 36.1 Å². The molecule has 144 valence electrons. The van der Waals surface area contributed by atoms with Gasteiger partial charge in [0.25, 0.3) is 0 Å². The van der Waals surface area contributed by atoms with Crippen LogP contribution in [0.15, 0.2) is 30.4 Å². The molecule has 4 rings (SSSR count). The molecule has 12 heteroatoms. The van der Waals surface area contributed by atoms with E-state index in [9.17, 15) is 9.59 Å². The summed E-state index contributed by atoms with van der Waals surface area (Å²) in [5.74, 6) is 0.473. The molecule has 0 aromatic carbocycles. The van der Waals surface area contributed by atoms with Crippen LogP contribution in [0.1, 0.15) is 17.4 Å². The molecule has 1 aliphatic rings. The smallest absolute Gasteiger partial charge is 0.357 e. The number of anilines is 2. The van der Waals surface area contributed by atoms with Crippen LogP contribution < -0.4 is 10.2 Å². The molecule has 0 atom stereocenters. The molecule has 1 N–H and O–H groups in total. The Morgan fingerprint density at radius 3 is 2.86 bits per heavy atom. The third-order valence-corrected chi connectivity index (χ3v) is 4.84. The summed E-state index contributed by atoms with van der Waals surface area (Å²) >= 11 is 1.19. The number of rotatable bonds is 6. The van der Waals surface area contributed by atoms with Crippen LogP contribution in [0.25, 0.3) is 5.82 Å². The van der Waals surface area contributed by atoms with E-state index < -0.39 is 5.97 Å². The van der Waals surface area contributed by atoms with E-state index in [1.54, 1.807) is 29.4 Å². The fourth-order valence-corrected chi connectivity index (χ4v) is 3.31. The van der Waals surface area contributed by atoms with Crippen molar-refractivity contribution in [1.29, 1.82) is 0 Å². The van der Waals surface area contributed by atoms with Gasteiger partial charge >= 0.3 is 5.97 Å². The van der Waals surface area contributed by atoms with Gasteiger partial charge in [0, 0.05) is 24.5 Å². The molecule has 0 bridgehead atoms. The third kappa shape index (κ3) is 3.67. The van der Waals surface area contributed by atoms with Crippen LogP contribution in [0.3, 0.4) is 0 Å². The van der Waals surface area contributed by atoms with Gasteiger partial charge in [-0.1, -0.05) is 0 Å². The molecule has 1 aliphatic heterocycles. The molecule has 28 heavy (non-hydrogen) atoms. The first-order valence-electron chi connectivity index (χ1n) is 8.49. The summed E-state index contributed by atoms with van der Waals surface area (Å²) in [6.45, 7) is 3.05. The van der Waals surface area contributed by atoms with E-state index in [0.29, 0.717) is 29.9 Å². The standard InChI is InChI=1S/C16H16N8O3S/c1-2-27-15(26)11-6-28-16(21-11)22-14(25)10-4-23(5-10)12-3-13(19-8-18-12)24-9-17-7-20-24/h3,6-10H,2,4-5H2,1H3,(H,21,22,25). The highest BCUT2D eigenvalue weighted by atomic mass is 32.1. The van der Waals surface area contributed by atoms with E-state index in [2.05, 4.69) is 30.4 Å². The number of aromatic nitrogens is 6. The maximum atomic E-state index is 12.4. The lowest BCUT2D eigenvalue weighted by Gasteiger charge is -2.38. The van der Waals surface area contributed by atoms with Gasteiger partial charge in [0.15, 0.2) is 16.6 Å². The van der Waals surface area contributed by atoms with Gasteiger partial charge in [-0.3, -0.25) is 4.79 Å². The highest BCUT2D eigenvalue weighted by Gasteiger charge is 2.34. The number of carbonyl (C=O) groups is 2. The topological polar surface area (TPSA) is 128 Å². The Hall–Kier alpha value is -3.41. The minimum Gasteiger partial charge on any atom is -0.461 e.